The van der Waals surface area contributed by atoms with Crippen LogP contribution >= 0.6 is 0 Å². The molecule has 6 nitrogen and oxygen atoms in total. The Kier molecular flexibility index (Phi) is 8.43. The molecule has 0 amide bonds. The molecule has 7 heteroatoms. The van der Waals surface area contributed by atoms with Crippen molar-refractivity contribution in [1.29, 1.82) is 0 Å². The fourth-order valence-corrected chi connectivity index (χ4v) is 4.36. The molecule has 0 unspecified atom stereocenters. The second-order valence-electron chi connectivity index (χ2n) is 8.20. The largest absolute Gasteiger partial charge is 0.390 e. The third kappa shape index (κ3) is 7.19. The average molecular weight is 427 g/mol. The Morgan fingerprint density at radius 1 is 1.21 bits per heavy atom. The number of hydrogen-bond acceptors (Lipinski definition) is 5. The summed E-state index contributed by atoms with van der Waals surface area (Å²) in [5, 5.41) is 10.8. The Morgan fingerprint density at radius 2 is 1.93 bits per heavy atom. The van der Waals surface area contributed by atoms with E-state index in [1.165, 1.54) is 25.3 Å². The first kappa shape index (κ1) is 24.0. The lowest BCUT2D eigenvalue weighted by Gasteiger charge is -2.22. The lowest BCUT2D eigenvalue weighted by atomic mass is 9.98. The van der Waals surface area contributed by atoms with Gasteiger partial charge in [-0.05, 0) is 45.2 Å². The molecule has 1 aliphatic rings. The van der Waals surface area contributed by atoms with E-state index in [4.69, 9.17) is 9.47 Å². The van der Waals surface area contributed by atoms with Gasteiger partial charge in [0.05, 0.1) is 11.0 Å². The predicted octanol–water partition coefficient (Wildman–Crippen LogP) is 4.19. The highest BCUT2D eigenvalue weighted by molar-refractivity contribution is 7.85. The molecule has 1 aromatic carbocycles. The number of hydrogen-bond donors (Lipinski definition) is 2. The number of aliphatic hydroxyl groups is 1. The quantitative estimate of drug-likeness (QED) is 0.331. The molecule has 1 saturated heterocycles. The van der Waals surface area contributed by atoms with Gasteiger partial charge < -0.3 is 14.6 Å². The summed E-state index contributed by atoms with van der Waals surface area (Å²) in [7, 11) is -4.38. The second kappa shape index (κ2) is 10.2. The monoisotopic (exact) mass is 426 g/mol. The van der Waals surface area contributed by atoms with Crippen LogP contribution in [-0.4, -0.2) is 42.2 Å². The van der Waals surface area contributed by atoms with Crippen molar-refractivity contribution in [3.63, 3.8) is 0 Å². The molecule has 0 spiro atoms. The van der Waals surface area contributed by atoms with E-state index >= 15 is 0 Å². The Morgan fingerprint density at radius 3 is 2.59 bits per heavy atom. The highest BCUT2D eigenvalue weighted by Crippen LogP contribution is 2.32. The molecule has 29 heavy (non-hydrogen) atoms. The summed E-state index contributed by atoms with van der Waals surface area (Å²) >= 11 is 0. The van der Waals surface area contributed by atoms with E-state index in [0.29, 0.717) is 5.56 Å². The Hall–Kier alpha value is -1.25. The van der Waals surface area contributed by atoms with Gasteiger partial charge in [-0.1, -0.05) is 56.0 Å². The Labute approximate surface area is 174 Å². The maximum atomic E-state index is 11.7. The molecule has 2 rings (SSSR count). The standard InChI is InChI=1S/C22H34O6S/c1-5-6-7-8-9-10-11-19-21(28-22(3,4)27-19)18(23)15-17-14-16(2)12-13-20(17)29(24,25)26/h10-14,18-19,21,23H,5-9,15H2,1-4H3,(H,24,25,26)/t18-,19+,21-/m1/s1. The molecule has 1 heterocycles. The molecular formula is C22H34O6S. The van der Waals surface area contributed by atoms with Crippen LogP contribution in [0.4, 0.5) is 0 Å². The summed E-state index contributed by atoms with van der Waals surface area (Å²) < 4.78 is 44.7. The number of rotatable bonds is 10. The molecule has 3 atom stereocenters. The molecule has 0 saturated carbocycles. The first-order valence-corrected chi connectivity index (χ1v) is 11.7. The maximum Gasteiger partial charge on any atom is 0.294 e. The highest BCUT2D eigenvalue weighted by atomic mass is 32.2. The van der Waals surface area contributed by atoms with Crippen LogP contribution in [0.1, 0.15) is 64.0 Å². The van der Waals surface area contributed by atoms with Gasteiger partial charge in [-0.3, -0.25) is 4.55 Å². The summed E-state index contributed by atoms with van der Waals surface area (Å²) in [5.74, 6) is -0.846. The van der Waals surface area contributed by atoms with Crippen molar-refractivity contribution in [2.75, 3.05) is 0 Å². The minimum atomic E-state index is -4.38. The van der Waals surface area contributed by atoms with E-state index in [0.717, 1.165) is 18.4 Å². The number of ether oxygens (including phenoxy) is 2. The van der Waals surface area contributed by atoms with Crippen LogP contribution in [0.2, 0.25) is 0 Å². The van der Waals surface area contributed by atoms with E-state index in [-0.39, 0.29) is 11.3 Å². The first-order chi connectivity index (χ1) is 13.5. The molecule has 1 fully saturated rings. The van der Waals surface area contributed by atoms with E-state index in [9.17, 15) is 18.1 Å². The fourth-order valence-electron chi connectivity index (χ4n) is 3.64. The molecular weight excluding hydrogens is 392 g/mol. The summed E-state index contributed by atoms with van der Waals surface area (Å²) in [4.78, 5) is -0.191. The number of aliphatic hydroxyl groups excluding tert-OH is 1. The number of benzene rings is 1. The van der Waals surface area contributed by atoms with Gasteiger partial charge in [-0.25, -0.2) is 0 Å². The van der Waals surface area contributed by atoms with Gasteiger partial charge in [0, 0.05) is 6.42 Å². The van der Waals surface area contributed by atoms with Crippen molar-refractivity contribution in [2.45, 2.75) is 95.2 Å². The van der Waals surface area contributed by atoms with Gasteiger partial charge in [0.15, 0.2) is 5.79 Å². The summed E-state index contributed by atoms with van der Waals surface area (Å²) in [5.41, 5.74) is 1.20. The predicted molar refractivity (Wildman–Crippen MR) is 112 cm³/mol. The summed E-state index contributed by atoms with van der Waals surface area (Å²) in [6.45, 7) is 7.58. The number of allylic oxidation sites excluding steroid dienone is 1. The van der Waals surface area contributed by atoms with Crippen molar-refractivity contribution in [3.8, 4) is 0 Å². The van der Waals surface area contributed by atoms with Crippen LogP contribution < -0.4 is 0 Å². The minimum Gasteiger partial charge on any atom is -0.390 e. The van der Waals surface area contributed by atoms with Gasteiger partial charge in [0.25, 0.3) is 10.1 Å². The van der Waals surface area contributed by atoms with Crippen molar-refractivity contribution >= 4 is 10.1 Å². The van der Waals surface area contributed by atoms with Crippen LogP contribution in [-0.2, 0) is 26.0 Å². The van der Waals surface area contributed by atoms with Crippen LogP contribution in [0, 0.1) is 6.92 Å². The Balaban J connectivity index is 2.12. The average Bonchev–Trinajstić information content (AvgIpc) is 2.92. The van der Waals surface area contributed by atoms with E-state index in [2.05, 4.69) is 13.0 Å². The number of unbranched alkanes of at least 4 members (excludes halogenated alkanes) is 4. The molecule has 0 aliphatic carbocycles. The SMILES string of the molecule is CCCCCCC=C[C@@H]1OC(C)(C)O[C@@H]1[C@H](O)Cc1cc(C)ccc1S(=O)(=O)O. The molecule has 0 aromatic heterocycles. The Bertz CT molecular complexity index is 800. The molecule has 164 valence electrons. The van der Waals surface area contributed by atoms with E-state index in [1.54, 1.807) is 26.0 Å². The first-order valence-electron chi connectivity index (χ1n) is 10.3. The normalized spacial score (nSPS) is 23.0. The van der Waals surface area contributed by atoms with Crippen molar-refractivity contribution in [2.24, 2.45) is 0 Å². The van der Waals surface area contributed by atoms with E-state index < -0.39 is 34.2 Å². The molecule has 1 aromatic rings. The van der Waals surface area contributed by atoms with Gasteiger partial charge in [0.1, 0.15) is 12.2 Å². The fraction of sp³-hybridized carbons (Fsp3) is 0.636. The van der Waals surface area contributed by atoms with Crippen molar-refractivity contribution in [3.05, 3.63) is 41.5 Å². The van der Waals surface area contributed by atoms with E-state index in [1.807, 2.05) is 13.0 Å². The van der Waals surface area contributed by atoms with Crippen LogP contribution in [0.15, 0.2) is 35.2 Å². The third-order valence-electron chi connectivity index (χ3n) is 5.02. The van der Waals surface area contributed by atoms with Gasteiger partial charge in [-0.2, -0.15) is 8.42 Å². The molecule has 1 aliphatic heterocycles. The molecule has 0 radical (unpaired) electrons. The molecule has 2 N–H and O–H groups in total. The van der Waals surface area contributed by atoms with Crippen LogP contribution in [0.3, 0.4) is 0 Å². The minimum absolute atomic E-state index is 0.0295. The maximum absolute atomic E-state index is 11.7. The smallest absolute Gasteiger partial charge is 0.294 e. The van der Waals surface area contributed by atoms with Gasteiger partial charge in [-0.15, -0.1) is 0 Å². The lowest BCUT2D eigenvalue weighted by Crippen LogP contribution is -2.36. The summed E-state index contributed by atoms with van der Waals surface area (Å²) in [6, 6.07) is 4.63. The topological polar surface area (TPSA) is 93.1 Å². The van der Waals surface area contributed by atoms with Crippen LogP contribution in [0.25, 0.3) is 0 Å². The zero-order valence-corrected chi connectivity index (χ0v) is 18.6. The lowest BCUT2D eigenvalue weighted by molar-refractivity contribution is -0.153. The van der Waals surface area contributed by atoms with Crippen LogP contribution in [0.5, 0.6) is 0 Å². The zero-order chi connectivity index (χ0) is 21.7. The highest BCUT2D eigenvalue weighted by Gasteiger charge is 2.43. The number of aryl methyl sites for hydroxylation is 1. The van der Waals surface area contributed by atoms with Crippen molar-refractivity contribution < 1.29 is 27.6 Å². The zero-order valence-electron chi connectivity index (χ0n) is 17.8. The molecule has 0 bridgehead atoms. The van der Waals surface area contributed by atoms with Crippen molar-refractivity contribution in [1.82, 2.24) is 0 Å². The third-order valence-corrected chi connectivity index (χ3v) is 5.97. The second-order valence-corrected chi connectivity index (χ2v) is 9.59. The van der Waals surface area contributed by atoms with Gasteiger partial charge >= 0.3 is 0 Å². The summed E-state index contributed by atoms with van der Waals surface area (Å²) in [6.07, 6.45) is 7.60. The van der Waals surface area contributed by atoms with Gasteiger partial charge in [0.2, 0.25) is 0 Å².